The van der Waals surface area contributed by atoms with Gasteiger partial charge in [0.2, 0.25) is 0 Å². The van der Waals surface area contributed by atoms with Gasteiger partial charge in [-0.15, -0.1) is 0 Å². The predicted octanol–water partition coefficient (Wildman–Crippen LogP) is 1.01. The molecule has 6 heteroatoms. The van der Waals surface area contributed by atoms with Crippen molar-refractivity contribution < 1.29 is 9.84 Å². The molecule has 6 nitrogen and oxygen atoms in total. The van der Waals surface area contributed by atoms with Crippen LogP contribution in [0.3, 0.4) is 0 Å². The third-order valence-electron chi connectivity index (χ3n) is 3.72. The van der Waals surface area contributed by atoms with E-state index in [-0.39, 0.29) is 6.61 Å². The summed E-state index contributed by atoms with van der Waals surface area (Å²) in [7, 11) is 0. The molecule has 1 aliphatic rings. The zero-order valence-corrected chi connectivity index (χ0v) is 12.2. The van der Waals surface area contributed by atoms with Crippen LogP contribution in [0.4, 0.5) is 0 Å². The summed E-state index contributed by atoms with van der Waals surface area (Å²) in [5.74, 6) is 1.69. The number of aliphatic hydroxyl groups excluding tert-OH is 1. The number of imidazole rings is 1. The molecule has 0 bridgehead atoms. The lowest BCUT2D eigenvalue weighted by atomic mass is 10.2. The van der Waals surface area contributed by atoms with Crippen molar-refractivity contribution in [3.8, 4) is 11.8 Å². The van der Waals surface area contributed by atoms with Crippen LogP contribution in [-0.4, -0.2) is 45.4 Å². The Morgan fingerprint density at radius 2 is 2.14 bits per heavy atom. The van der Waals surface area contributed by atoms with Gasteiger partial charge in [-0.2, -0.15) is 5.26 Å². The third kappa shape index (κ3) is 3.45. The van der Waals surface area contributed by atoms with Crippen LogP contribution in [0.15, 0.2) is 36.7 Å². The van der Waals surface area contributed by atoms with Crippen LogP contribution in [0.2, 0.25) is 0 Å². The Morgan fingerprint density at radius 1 is 1.32 bits per heavy atom. The first kappa shape index (κ1) is 14.6. The van der Waals surface area contributed by atoms with E-state index in [4.69, 9.17) is 10.00 Å². The first-order valence-electron chi connectivity index (χ1n) is 7.28. The molecular formula is C16H18N4O2. The lowest BCUT2D eigenvalue weighted by molar-refractivity contribution is 0.0583. The standard InChI is InChI=1S/C16H18N4O2/c17-9-13-1-3-15(4-2-13)22-12-14(21)10-19-7-8-20-6-5-18-16(20)11-19/h1-6,14,21H,7-8,10-12H2. The fourth-order valence-corrected chi connectivity index (χ4v) is 2.55. The number of benzene rings is 1. The highest BCUT2D eigenvalue weighted by Gasteiger charge is 2.19. The van der Waals surface area contributed by atoms with Crippen LogP contribution < -0.4 is 4.74 Å². The third-order valence-corrected chi connectivity index (χ3v) is 3.72. The summed E-state index contributed by atoms with van der Waals surface area (Å²) in [4.78, 5) is 6.48. The second-order valence-corrected chi connectivity index (χ2v) is 5.37. The summed E-state index contributed by atoms with van der Waals surface area (Å²) in [5, 5.41) is 18.9. The quantitative estimate of drug-likeness (QED) is 0.891. The minimum absolute atomic E-state index is 0.233. The van der Waals surface area contributed by atoms with Gasteiger partial charge in [-0.25, -0.2) is 4.98 Å². The normalized spacial score (nSPS) is 15.8. The highest BCUT2D eigenvalue weighted by molar-refractivity contribution is 5.34. The van der Waals surface area contributed by atoms with Crippen molar-refractivity contribution in [3.05, 3.63) is 48.0 Å². The molecule has 1 aromatic carbocycles. The van der Waals surface area contributed by atoms with Crippen LogP contribution in [-0.2, 0) is 13.1 Å². The lowest BCUT2D eigenvalue weighted by Crippen LogP contribution is -2.40. The van der Waals surface area contributed by atoms with Gasteiger partial charge in [-0.3, -0.25) is 4.90 Å². The highest BCUT2D eigenvalue weighted by atomic mass is 16.5. The van der Waals surface area contributed by atoms with Crippen molar-refractivity contribution in [2.45, 2.75) is 19.2 Å². The van der Waals surface area contributed by atoms with E-state index in [0.717, 1.165) is 25.5 Å². The molecule has 1 aromatic heterocycles. The molecule has 3 rings (SSSR count). The molecule has 0 saturated heterocycles. The Balaban J connectivity index is 1.46. The van der Waals surface area contributed by atoms with Crippen molar-refractivity contribution in [2.75, 3.05) is 19.7 Å². The fraction of sp³-hybridized carbons (Fsp3) is 0.375. The molecule has 0 amide bonds. The molecule has 0 radical (unpaired) electrons. The molecule has 0 spiro atoms. The predicted molar refractivity (Wildman–Crippen MR) is 80.2 cm³/mol. The zero-order chi connectivity index (χ0) is 15.4. The zero-order valence-electron chi connectivity index (χ0n) is 12.2. The first-order valence-corrected chi connectivity index (χ1v) is 7.28. The number of nitrogens with zero attached hydrogens (tertiary/aromatic N) is 4. The number of rotatable bonds is 5. The van der Waals surface area contributed by atoms with E-state index in [2.05, 4.69) is 20.5 Å². The molecule has 114 valence electrons. The summed E-state index contributed by atoms with van der Waals surface area (Å²) in [5.41, 5.74) is 0.594. The smallest absolute Gasteiger partial charge is 0.122 e. The Bertz CT molecular complexity index is 660. The Labute approximate surface area is 129 Å². The Morgan fingerprint density at radius 3 is 2.91 bits per heavy atom. The number of hydrogen-bond acceptors (Lipinski definition) is 5. The number of fused-ring (bicyclic) bond motifs is 1. The average molecular weight is 298 g/mol. The molecule has 1 aliphatic heterocycles. The van der Waals surface area contributed by atoms with Crippen LogP contribution in [0.25, 0.3) is 0 Å². The van der Waals surface area contributed by atoms with E-state index in [9.17, 15) is 5.11 Å². The monoisotopic (exact) mass is 298 g/mol. The van der Waals surface area contributed by atoms with Crippen LogP contribution >= 0.6 is 0 Å². The number of aromatic nitrogens is 2. The number of ether oxygens (including phenoxy) is 1. The number of hydrogen-bond donors (Lipinski definition) is 1. The summed E-state index contributed by atoms with van der Waals surface area (Å²) < 4.78 is 7.69. The average Bonchev–Trinajstić information content (AvgIpc) is 3.01. The van der Waals surface area contributed by atoms with Gasteiger partial charge in [0.25, 0.3) is 0 Å². The minimum Gasteiger partial charge on any atom is -0.491 e. The van der Waals surface area contributed by atoms with Gasteiger partial charge in [0, 0.05) is 32.0 Å². The second kappa shape index (κ2) is 6.60. The van der Waals surface area contributed by atoms with Gasteiger partial charge in [-0.05, 0) is 24.3 Å². The van der Waals surface area contributed by atoms with Crippen LogP contribution in [0.1, 0.15) is 11.4 Å². The molecule has 22 heavy (non-hydrogen) atoms. The van der Waals surface area contributed by atoms with Gasteiger partial charge in [-0.1, -0.05) is 0 Å². The molecule has 1 unspecified atom stereocenters. The largest absolute Gasteiger partial charge is 0.491 e. The maximum atomic E-state index is 10.1. The Kier molecular flexibility index (Phi) is 4.37. The summed E-state index contributed by atoms with van der Waals surface area (Å²) in [6.07, 6.45) is 3.23. The van der Waals surface area contributed by atoms with Gasteiger partial charge in [0.05, 0.1) is 18.2 Å². The maximum absolute atomic E-state index is 10.1. The summed E-state index contributed by atoms with van der Waals surface area (Å²) >= 11 is 0. The molecule has 1 atom stereocenters. The molecule has 2 aromatic rings. The topological polar surface area (TPSA) is 74.3 Å². The lowest BCUT2D eigenvalue weighted by Gasteiger charge is -2.29. The fourth-order valence-electron chi connectivity index (χ4n) is 2.55. The highest BCUT2D eigenvalue weighted by Crippen LogP contribution is 2.13. The van der Waals surface area contributed by atoms with Crippen molar-refractivity contribution in [1.29, 1.82) is 5.26 Å². The number of aliphatic hydroxyl groups is 1. The van der Waals surface area contributed by atoms with Crippen LogP contribution in [0, 0.1) is 11.3 Å². The molecule has 2 heterocycles. The number of nitriles is 1. The van der Waals surface area contributed by atoms with E-state index in [1.807, 2.05) is 12.4 Å². The van der Waals surface area contributed by atoms with Gasteiger partial charge < -0.3 is 14.4 Å². The van der Waals surface area contributed by atoms with Crippen molar-refractivity contribution in [3.63, 3.8) is 0 Å². The molecule has 0 aliphatic carbocycles. The number of β-amino-alcohol motifs (C(OH)–C–C–N with tert-alkyl or cyclic N) is 1. The van der Waals surface area contributed by atoms with E-state index < -0.39 is 6.10 Å². The van der Waals surface area contributed by atoms with E-state index >= 15 is 0 Å². The molecule has 0 fully saturated rings. The molecule has 0 saturated carbocycles. The second-order valence-electron chi connectivity index (χ2n) is 5.37. The Hall–Kier alpha value is -2.36. The van der Waals surface area contributed by atoms with Crippen molar-refractivity contribution in [1.82, 2.24) is 14.5 Å². The van der Waals surface area contributed by atoms with E-state index in [1.54, 1.807) is 24.3 Å². The van der Waals surface area contributed by atoms with Crippen molar-refractivity contribution in [2.24, 2.45) is 0 Å². The summed E-state index contributed by atoms with van der Waals surface area (Å²) in [6.45, 7) is 3.34. The van der Waals surface area contributed by atoms with Crippen LogP contribution in [0.5, 0.6) is 5.75 Å². The van der Waals surface area contributed by atoms with Gasteiger partial charge >= 0.3 is 0 Å². The van der Waals surface area contributed by atoms with Gasteiger partial charge in [0.15, 0.2) is 0 Å². The SMILES string of the molecule is N#Cc1ccc(OCC(O)CN2CCn3ccnc3C2)cc1. The molecule has 1 N–H and O–H groups in total. The maximum Gasteiger partial charge on any atom is 0.122 e. The minimum atomic E-state index is -0.558. The van der Waals surface area contributed by atoms with Gasteiger partial charge in [0.1, 0.15) is 24.3 Å². The van der Waals surface area contributed by atoms with E-state index in [1.165, 1.54) is 0 Å². The molecular weight excluding hydrogens is 280 g/mol. The summed E-state index contributed by atoms with van der Waals surface area (Å²) in [6, 6.07) is 8.94. The first-order chi connectivity index (χ1) is 10.7. The van der Waals surface area contributed by atoms with Crippen molar-refractivity contribution >= 4 is 0 Å². The van der Waals surface area contributed by atoms with E-state index in [0.29, 0.717) is 17.9 Å².